The summed E-state index contributed by atoms with van der Waals surface area (Å²) < 4.78 is 6.58. The highest BCUT2D eigenvalue weighted by Crippen LogP contribution is 2.26. The number of halogens is 1. The van der Waals surface area contributed by atoms with Crippen molar-refractivity contribution >= 4 is 44.8 Å². The van der Waals surface area contributed by atoms with Crippen LogP contribution in [0.4, 0.5) is 11.4 Å². The van der Waals surface area contributed by atoms with E-state index in [0.717, 1.165) is 4.47 Å². The zero-order valence-electron chi connectivity index (χ0n) is 16.2. The standard InChI is InChI=1S/C22H18BrN5O3/c23-14-5-4-8-17(11-14)31-20-10-9-15(13-25-20)26-22(30)18-12-19(21(24)29)28(27-18)16-6-2-1-3-7-16/h1-11,13,19H,12H2,(H2,24,29)(H,26,30). The highest BCUT2D eigenvalue weighted by molar-refractivity contribution is 9.10. The van der Waals surface area contributed by atoms with Crippen LogP contribution in [0.2, 0.25) is 0 Å². The number of amides is 2. The van der Waals surface area contributed by atoms with E-state index < -0.39 is 17.9 Å². The predicted octanol–water partition coefficient (Wildman–Crippen LogP) is 3.70. The number of ether oxygens (including phenoxy) is 1. The highest BCUT2D eigenvalue weighted by Gasteiger charge is 2.34. The minimum absolute atomic E-state index is 0.119. The maximum absolute atomic E-state index is 12.7. The minimum atomic E-state index is -0.720. The van der Waals surface area contributed by atoms with Gasteiger partial charge in [0.15, 0.2) is 0 Å². The van der Waals surface area contributed by atoms with E-state index in [1.165, 1.54) is 11.2 Å². The van der Waals surface area contributed by atoms with Crippen molar-refractivity contribution in [3.8, 4) is 11.6 Å². The Bertz CT molecular complexity index is 1140. The number of hydrogen-bond acceptors (Lipinski definition) is 6. The van der Waals surface area contributed by atoms with E-state index in [1.54, 1.807) is 24.3 Å². The number of anilines is 2. The van der Waals surface area contributed by atoms with Gasteiger partial charge in [-0.15, -0.1) is 0 Å². The molecule has 31 heavy (non-hydrogen) atoms. The zero-order chi connectivity index (χ0) is 21.8. The van der Waals surface area contributed by atoms with Crippen LogP contribution in [0.25, 0.3) is 0 Å². The number of pyridine rings is 1. The molecule has 0 saturated heterocycles. The van der Waals surface area contributed by atoms with Crippen molar-refractivity contribution < 1.29 is 14.3 Å². The van der Waals surface area contributed by atoms with Gasteiger partial charge in [-0.05, 0) is 36.4 Å². The molecule has 0 fully saturated rings. The first-order valence-corrected chi connectivity index (χ1v) is 10.2. The van der Waals surface area contributed by atoms with Crippen LogP contribution in [0.3, 0.4) is 0 Å². The molecular formula is C22H18BrN5O3. The van der Waals surface area contributed by atoms with Gasteiger partial charge in [-0.1, -0.05) is 40.2 Å². The van der Waals surface area contributed by atoms with Gasteiger partial charge in [0.05, 0.1) is 17.6 Å². The van der Waals surface area contributed by atoms with Gasteiger partial charge in [0, 0.05) is 17.0 Å². The molecule has 1 aliphatic heterocycles. The molecule has 8 nitrogen and oxygen atoms in total. The predicted molar refractivity (Wildman–Crippen MR) is 121 cm³/mol. The topological polar surface area (TPSA) is 110 Å². The third-order valence-electron chi connectivity index (χ3n) is 4.53. The van der Waals surface area contributed by atoms with E-state index >= 15 is 0 Å². The Labute approximate surface area is 186 Å². The molecule has 0 saturated carbocycles. The van der Waals surface area contributed by atoms with Crippen LogP contribution in [0.15, 0.2) is 82.5 Å². The number of carbonyl (C=O) groups is 2. The van der Waals surface area contributed by atoms with Gasteiger partial charge in [-0.2, -0.15) is 5.10 Å². The molecule has 2 heterocycles. The number of para-hydroxylation sites is 1. The van der Waals surface area contributed by atoms with Crippen LogP contribution in [0.1, 0.15) is 6.42 Å². The lowest BCUT2D eigenvalue weighted by molar-refractivity contribution is -0.119. The number of primary amides is 1. The number of aromatic nitrogens is 1. The second kappa shape index (κ2) is 8.97. The Hall–Kier alpha value is -3.72. The molecule has 0 bridgehead atoms. The number of nitrogens with zero attached hydrogens (tertiary/aromatic N) is 3. The number of carbonyl (C=O) groups excluding carboxylic acids is 2. The first-order chi connectivity index (χ1) is 15.0. The fraction of sp³-hybridized carbons (Fsp3) is 0.0909. The van der Waals surface area contributed by atoms with E-state index in [-0.39, 0.29) is 12.1 Å². The van der Waals surface area contributed by atoms with Crippen LogP contribution >= 0.6 is 15.9 Å². The van der Waals surface area contributed by atoms with Crippen LogP contribution in [-0.4, -0.2) is 28.6 Å². The van der Waals surface area contributed by atoms with Gasteiger partial charge in [0.1, 0.15) is 17.5 Å². The maximum Gasteiger partial charge on any atom is 0.272 e. The Balaban J connectivity index is 1.44. The summed E-state index contributed by atoms with van der Waals surface area (Å²) in [4.78, 5) is 28.8. The van der Waals surface area contributed by atoms with Gasteiger partial charge in [-0.3, -0.25) is 14.6 Å². The quantitative estimate of drug-likeness (QED) is 0.559. The number of rotatable bonds is 6. The van der Waals surface area contributed by atoms with Crippen molar-refractivity contribution in [3.05, 3.63) is 77.4 Å². The Kier molecular flexibility index (Phi) is 5.94. The summed E-state index contributed by atoms with van der Waals surface area (Å²) in [7, 11) is 0. The number of benzene rings is 2. The largest absolute Gasteiger partial charge is 0.439 e. The van der Waals surface area contributed by atoms with Crippen molar-refractivity contribution in [2.75, 3.05) is 10.3 Å². The Morgan fingerprint density at radius 3 is 2.58 bits per heavy atom. The summed E-state index contributed by atoms with van der Waals surface area (Å²) in [6.45, 7) is 0. The molecule has 0 aliphatic carbocycles. The molecule has 1 atom stereocenters. The molecule has 0 spiro atoms. The van der Waals surface area contributed by atoms with Crippen LogP contribution < -0.4 is 20.8 Å². The van der Waals surface area contributed by atoms with Crippen molar-refractivity contribution in [2.24, 2.45) is 10.8 Å². The SMILES string of the molecule is NC(=O)C1CC(C(=O)Nc2ccc(Oc3cccc(Br)c3)nc2)=NN1c1ccccc1. The molecule has 3 N–H and O–H groups in total. The second-order valence-electron chi connectivity index (χ2n) is 6.75. The lowest BCUT2D eigenvalue weighted by Gasteiger charge is -2.20. The van der Waals surface area contributed by atoms with Crippen LogP contribution in [0, 0.1) is 0 Å². The third kappa shape index (κ3) is 4.89. The average Bonchev–Trinajstić information content (AvgIpc) is 3.22. The third-order valence-corrected chi connectivity index (χ3v) is 5.03. The summed E-state index contributed by atoms with van der Waals surface area (Å²) in [5.74, 6) is 0.0501. The summed E-state index contributed by atoms with van der Waals surface area (Å²) >= 11 is 3.39. The van der Waals surface area contributed by atoms with E-state index in [0.29, 0.717) is 23.0 Å². The minimum Gasteiger partial charge on any atom is -0.439 e. The molecule has 3 aromatic rings. The van der Waals surface area contributed by atoms with Crippen molar-refractivity contribution in [1.29, 1.82) is 0 Å². The summed E-state index contributed by atoms with van der Waals surface area (Å²) in [6.07, 6.45) is 1.61. The van der Waals surface area contributed by atoms with E-state index in [2.05, 4.69) is 31.3 Å². The molecule has 1 aromatic heterocycles. The van der Waals surface area contributed by atoms with Crippen molar-refractivity contribution in [1.82, 2.24) is 4.98 Å². The monoisotopic (exact) mass is 479 g/mol. The molecule has 1 unspecified atom stereocenters. The van der Waals surface area contributed by atoms with Gasteiger partial charge in [0.2, 0.25) is 11.8 Å². The summed E-state index contributed by atoms with van der Waals surface area (Å²) in [5, 5.41) is 8.54. The average molecular weight is 480 g/mol. The molecule has 4 rings (SSSR count). The first-order valence-electron chi connectivity index (χ1n) is 9.41. The lowest BCUT2D eigenvalue weighted by Crippen LogP contribution is -2.39. The maximum atomic E-state index is 12.7. The summed E-state index contributed by atoms with van der Waals surface area (Å²) in [6, 6.07) is 19.1. The lowest BCUT2D eigenvalue weighted by atomic mass is 10.1. The van der Waals surface area contributed by atoms with Crippen LogP contribution in [-0.2, 0) is 9.59 Å². The van der Waals surface area contributed by atoms with Crippen molar-refractivity contribution in [2.45, 2.75) is 12.5 Å². The molecule has 9 heteroatoms. The number of nitrogens with one attached hydrogen (secondary N) is 1. The molecule has 1 aliphatic rings. The van der Waals surface area contributed by atoms with E-state index in [4.69, 9.17) is 10.5 Å². The molecule has 2 amide bonds. The Morgan fingerprint density at radius 2 is 1.90 bits per heavy atom. The first kappa shape index (κ1) is 20.5. The van der Waals surface area contributed by atoms with Crippen LogP contribution in [0.5, 0.6) is 11.6 Å². The fourth-order valence-electron chi connectivity index (χ4n) is 3.06. The van der Waals surface area contributed by atoms with Gasteiger partial charge in [0.25, 0.3) is 5.91 Å². The molecule has 2 aromatic carbocycles. The Morgan fingerprint density at radius 1 is 1.10 bits per heavy atom. The smallest absolute Gasteiger partial charge is 0.272 e. The molecule has 156 valence electrons. The number of hydrogen-bond donors (Lipinski definition) is 2. The van der Waals surface area contributed by atoms with E-state index in [9.17, 15) is 9.59 Å². The fourth-order valence-corrected chi connectivity index (χ4v) is 3.44. The van der Waals surface area contributed by atoms with Gasteiger partial charge >= 0.3 is 0 Å². The highest BCUT2D eigenvalue weighted by atomic mass is 79.9. The van der Waals surface area contributed by atoms with Gasteiger partial charge in [-0.25, -0.2) is 4.98 Å². The van der Waals surface area contributed by atoms with Crippen molar-refractivity contribution in [3.63, 3.8) is 0 Å². The normalized spacial score (nSPS) is 15.3. The summed E-state index contributed by atoms with van der Waals surface area (Å²) in [5.41, 5.74) is 6.89. The van der Waals surface area contributed by atoms with E-state index in [1.807, 2.05) is 42.5 Å². The van der Waals surface area contributed by atoms with Gasteiger partial charge < -0.3 is 15.8 Å². The second-order valence-corrected chi connectivity index (χ2v) is 7.66. The zero-order valence-corrected chi connectivity index (χ0v) is 17.8. The molecule has 0 radical (unpaired) electrons. The number of nitrogens with two attached hydrogens (primary N) is 1. The number of hydrazone groups is 1. The molecular weight excluding hydrogens is 462 g/mol.